The standard InChI is InChI=1S/C20H18N4O/c1-13-6-8-15(9-7-13)18-12-19(24(23-18)14(2)25)16-4-3-5-17-20(16)22-11-10-21-17/h3-11,19H,12H2,1-2H3/t19-/m1/s1. The SMILES string of the molecule is CC(=O)N1N=C(c2ccc(C)cc2)C[C@@H]1c1cccc2nccnc12. The Morgan fingerprint density at radius 3 is 2.60 bits per heavy atom. The Labute approximate surface area is 146 Å². The van der Waals surface area contributed by atoms with Crippen LogP contribution in [0.25, 0.3) is 11.0 Å². The van der Waals surface area contributed by atoms with Crippen LogP contribution in [-0.2, 0) is 4.79 Å². The quantitative estimate of drug-likeness (QED) is 0.721. The zero-order valence-electron chi connectivity index (χ0n) is 14.2. The highest BCUT2D eigenvalue weighted by atomic mass is 16.2. The Kier molecular flexibility index (Phi) is 3.76. The number of nitrogens with zero attached hydrogens (tertiary/aromatic N) is 4. The number of hydrazone groups is 1. The van der Waals surface area contributed by atoms with Gasteiger partial charge in [-0.1, -0.05) is 42.0 Å². The van der Waals surface area contributed by atoms with Gasteiger partial charge >= 0.3 is 0 Å². The minimum atomic E-state index is -0.158. The van der Waals surface area contributed by atoms with Crippen molar-refractivity contribution in [1.82, 2.24) is 15.0 Å². The van der Waals surface area contributed by atoms with Crippen molar-refractivity contribution >= 4 is 22.7 Å². The predicted molar refractivity (Wildman–Crippen MR) is 97.1 cm³/mol. The fourth-order valence-corrected chi connectivity index (χ4v) is 3.25. The third kappa shape index (κ3) is 2.78. The molecular weight excluding hydrogens is 312 g/mol. The number of para-hydroxylation sites is 1. The van der Waals surface area contributed by atoms with E-state index in [-0.39, 0.29) is 11.9 Å². The van der Waals surface area contributed by atoms with Gasteiger partial charge in [-0.05, 0) is 18.6 Å². The maximum absolute atomic E-state index is 12.2. The first-order valence-corrected chi connectivity index (χ1v) is 8.27. The van der Waals surface area contributed by atoms with E-state index in [9.17, 15) is 4.79 Å². The lowest BCUT2D eigenvalue weighted by molar-refractivity contribution is -0.130. The van der Waals surface area contributed by atoms with Crippen LogP contribution in [0.4, 0.5) is 0 Å². The third-order valence-corrected chi connectivity index (χ3v) is 4.51. The molecule has 0 saturated carbocycles. The number of aromatic nitrogens is 2. The Morgan fingerprint density at radius 1 is 1.08 bits per heavy atom. The maximum Gasteiger partial charge on any atom is 0.240 e. The van der Waals surface area contributed by atoms with Gasteiger partial charge in [0.15, 0.2) is 0 Å². The molecule has 124 valence electrons. The largest absolute Gasteiger partial charge is 0.273 e. The maximum atomic E-state index is 12.2. The molecule has 0 fully saturated rings. The van der Waals surface area contributed by atoms with Crippen LogP contribution in [0.5, 0.6) is 0 Å². The van der Waals surface area contributed by atoms with Crippen molar-refractivity contribution < 1.29 is 4.79 Å². The van der Waals surface area contributed by atoms with Gasteiger partial charge < -0.3 is 0 Å². The average Bonchev–Trinajstić information content (AvgIpc) is 3.07. The van der Waals surface area contributed by atoms with E-state index in [1.165, 1.54) is 5.56 Å². The second-order valence-corrected chi connectivity index (χ2v) is 6.27. The average molecular weight is 330 g/mol. The minimum Gasteiger partial charge on any atom is -0.273 e. The van der Waals surface area contributed by atoms with E-state index in [0.29, 0.717) is 6.42 Å². The van der Waals surface area contributed by atoms with Crippen LogP contribution < -0.4 is 0 Å². The summed E-state index contributed by atoms with van der Waals surface area (Å²) in [5.74, 6) is -0.0759. The zero-order valence-corrected chi connectivity index (χ0v) is 14.2. The third-order valence-electron chi connectivity index (χ3n) is 4.51. The molecule has 5 nitrogen and oxygen atoms in total. The van der Waals surface area contributed by atoms with Crippen LogP contribution in [0.1, 0.15) is 36.1 Å². The fourth-order valence-electron chi connectivity index (χ4n) is 3.25. The lowest BCUT2D eigenvalue weighted by atomic mass is 9.97. The van der Waals surface area contributed by atoms with E-state index in [1.54, 1.807) is 24.3 Å². The molecule has 4 rings (SSSR count). The van der Waals surface area contributed by atoms with Gasteiger partial charge in [-0.2, -0.15) is 5.10 Å². The molecule has 2 aromatic carbocycles. The molecule has 0 aliphatic carbocycles. The van der Waals surface area contributed by atoms with E-state index in [4.69, 9.17) is 0 Å². The highest BCUT2D eigenvalue weighted by Gasteiger charge is 2.32. The van der Waals surface area contributed by atoms with Crippen molar-refractivity contribution in [3.8, 4) is 0 Å². The molecule has 1 amide bonds. The molecular formula is C20H18N4O. The highest BCUT2D eigenvalue weighted by molar-refractivity contribution is 6.03. The van der Waals surface area contributed by atoms with Crippen LogP contribution in [-0.4, -0.2) is 26.6 Å². The number of carbonyl (C=O) groups excluding carboxylic acids is 1. The van der Waals surface area contributed by atoms with Crippen molar-refractivity contribution in [1.29, 1.82) is 0 Å². The molecule has 0 unspecified atom stereocenters. The first kappa shape index (κ1) is 15.4. The van der Waals surface area contributed by atoms with Crippen LogP contribution in [0.3, 0.4) is 0 Å². The smallest absolute Gasteiger partial charge is 0.240 e. The highest BCUT2D eigenvalue weighted by Crippen LogP contribution is 2.35. The van der Waals surface area contributed by atoms with Gasteiger partial charge in [0.25, 0.3) is 0 Å². The van der Waals surface area contributed by atoms with E-state index in [0.717, 1.165) is 27.9 Å². The van der Waals surface area contributed by atoms with Gasteiger partial charge in [-0.15, -0.1) is 0 Å². The lowest BCUT2D eigenvalue weighted by Gasteiger charge is -2.21. The van der Waals surface area contributed by atoms with Crippen LogP contribution in [0.2, 0.25) is 0 Å². The molecule has 25 heavy (non-hydrogen) atoms. The van der Waals surface area contributed by atoms with Gasteiger partial charge in [0.05, 0.1) is 22.8 Å². The summed E-state index contributed by atoms with van der Waals surface area (Å²) >= 11 is 0. The molecule has 2 heterocycles. The van der Waals surface area contributed by atoms with E-state index in [1.807, 2.05) is 18.2 Å². The van der Waals surface area contributed by atoms with E-state index < -0.39 is 0 Å². The van der Waals surface area contributed by atoms with Gasteiger partial charge in [0, 0.05) is 31.3 Å². The number of amides is 1. The van der Waals surface area contributed by atoms with Crippen molar-refractivity contribution in [2.45, 2.75) is 26.3 Å². The van der Waals surface area contributed by atoms with Gasteiger partial charge in [0.1, 0.15) is 0 Å². The van der Waals surface area contributed by atoms with Crippen LogP contribution in [0, 0.1) is 6.92 Å². The molecule has 0 spiro atoms. The normalized spacial score (nSPS) is 17.0. The molecule has 0 bridgehead atoms. The van der Waals surface area contributed by atoms with Crippen molar-refractivity contribution in [3.05, 3.63) is 71.5 Å². The van der Waals surface area contributed by atoms with Crippen molar-refractivity contribution in [2.75, 3.05) is 0 Å². The predicted octanol–water partition coefficient (Wildman–Crippen LogP) is 3.64. The molecule has 0 saturated heterocycles. The van der Waals surface area contributed by atoms with Crippen molar-refractivity contribution in [3.63, 3.8) is 0 Å². The summed E-state index contributed by atoms with van der Waals surface area (Å²) in [5.41, 5.74) is 5.79. The monoisotopic (exact) mass is 330 g/mol. The van der Waals surface area contributed by atoms with Gasteiger partial charge in [-0.3, -0.25) is 14.8 Å². The van der Waals surface area contributed by atoms with Crippen LogP contribution >= 0.6 is 0 Å². The first-order chi connectivity index (χ1) is 12.1. The zero-order chi connectivity index (χ0) is 17.4. The van der Waals surface area contributed by atoms with Crippen molar-refractivity contribution in [2.24, 2.45) is 5.10 Å². The lowest BCUT2D eigenvalue weighted by Crippen LogP contribution is -2.24. The molecule has 1 atom stereocenters. The number of hydrogen-bond acceptors (Lipinski definition) is 4. The molecule has 0 radical (unpaired) electrons. The van der Waals surface area contributed by atoms with E-state index >= 15 is 0 Å². The van der Waals surface area contributed by atoms with Crippen LogP contribution in [0.15, 0.2) is 60.0 Å². The van der Waals surface area contributed by atoms with E-state index in [2.05, 4.69) is 46.3 Å². The Morgan fingerprint density at radius 2 is 1.84 bits per heavy atom. The first-order valence-electron chi connectivity index (χ1n) is 8.27. The second kappa shape index (κ2) is 6.09. The minimum absolute atomic E-state index is 0.0759. The summed E-state index contributed by atoms with van der Waals surface area (Å²) < 4.78 is 0. The summed E-state index contributed by atoms with van der Waals surface area (Å²) in [6, 6.07) is 14.0. The number of benzene rings is 2. The molecule has 3 aromatic rings. The second-order valence-electron chi connectivity index (χ2n) is 6.27. The number of fused-ring (bicyclic) bond motifs is 1. The molecule has 0 N–H and O–H groups in total. The molecule has 1 aliphatic rings. The summed E-state index contributed by atoms with van der Waals surface area (Å²) in [6.07, 6.45) is 4.02. The van der Waals surface area contributed by atoms with Gasteiger partial charge in [0.2, 0.25) is 5.91 Å². The Balaban J connectivity index is 1.77. The number of carbonyl (C=O) groups is 1. The summed E-state index contributed by atoms with van der Waals surface area (Å²) in [7, 11) is 0. The van der Waals surface area contributed by atoms with Gasteiger partial charge in [-0.25, -0.2) is 5.01 Å². The Hall–Kier alpha value is -3.08. The molecule has 1 aliphatic heterocycles. The summed E-state index contributed by atoms with van der Waals surface area (Å²) in [6.45, 7) is 3.60. The number of rotatable bonds is 2. The summed E-state index contributed by atoms with van der Waals surface area (Å²) in [4.78, 5) is 21.0. The fraction of sp³-hybridized carbons (Fsp3) is 0.200. The Bertz CT molecular complexity index is 973. The number of hydrogen-bond donors (Lipinski definition) is 0. The number of aryl methyl sites for hydroxylation is 1. The molecule has 5 heteroatoms. The summed E-state index contributed by atoms with van der Waals surface area (Å²) in [5, 5.41) is 6.17. The molecule has 1 aromatic heterocycles. The topological polar surface area (TPSA) is 58.5 Å².